The fourth-order valence-corrected chi connectivity index (χ4v) is 6.51. The molecule has 2 amide bonds. The number of hydrazone groups is 1. The fraction of sp³-hybridized carbons (Fsp3) is 0.118. The van der Waals surface area contributed by atoms with Crippen molar-refractivity contribution >= 4 is 77.7 Å². The average Bonchev–Trinajstić information content (AvgIpc) is 3.48. The van der Waals surface area contributed by atoms with Crippen molar-refractivity contribution in [2.75, 3.05) is 17.2 Å². The number of halogens is 2. The first-order valence-electron chi connectivity index (χ1n) is 13.9. The minimum absolute atomic E-state index is 0.166. The van der Waals surface area contributed by atoms with Crippen molar-refractivity contribution in [2.24, 2.45) is 5.10 Å². The Bertz CT molecular complexity index is 1850. The Morgan fingerprint density at radius 2 is 1.60 bits per heavy atom. The van der Waals surface area contributed by atoms with Crippen LogP contribution in [0.1, 0.15) is 32.6 Å². The Labute approximate surface area is 282 Å². The lowest BCUT2D eigenvalue weighted by Gasteiger charge is -2.12. The van der Waals surface area contributed by atoms with Gasteiger partial charge in [0.2, 0.25) is 0 Å². The number of amides is 2. The van der Waals surface area contributed by atoms with Gasteiger partial charge in [-0.15, -0.1) is 11.3 Å². The molecule has 8 nitrogen and oxygen atoms in total. The highest BCUT2D eigenvalue weighted by Crippen LogP contribution is 2.34. The number of thiazole rings is 1. The Balaban J connectivity index is 1.13. The predicted molar refractivity (Wildman–Crippen MR) is 189 cm³/mol. The van der Waals surface area contributed by atoms with E-state index in [1.807, 2.05) is 73.8 Å². The van der Waals surface area contributed by atoms with E-state index in [1.165, 1.54) is 23.1 Å². The lowest BCUT2D eigenvalue weighted by Crippen LogP contribution is -2.21. The Kier molecular flexibility index (Phi) is 10.4. The Hall–Kier alpha value is -4.32. The topological polar surface area (TPSA) is 105 Å². The number of nitrogens with zero attached hydrogens (tertiary/aromatic N) is 2. The molecular weight excluding hydrogens is 718 g/mol. The van der Waals surface area contributed by atoms with E-state index in [0.29, 0.717) is 25.8 Å². The molecule has 0 saturated heterocycles. The molecule has 4 aromatic carbocycles. The van der Waals surface area contributed by atoms with Crippen molar-refractivity contribution in [1.29, 1.82) is 0 Å². The number of aryl methyl sites for hydroxylation is 3. The van der Waals surface area contributed by atoms with Crippen LogP contribution in [-0.2, 0) is 4.79 Å². The number of anilines is 3. The summed E-state index contributed by atoms with van der Waals surface area (Å²) in [5.41, 5.74) is 10.5. The molecule has 228 valence electrons. The summed E-state index contributed by atoms with van der Waals surface area (Å²) in [5.74, 6) is -0.135. The number of carbonyl (C=O) groups excluding carboxylic acids is 2. The molecule has 0 unspecified atom stereocenters. The van der Waals surface area contributed by atoms with Gasteiger partial charge < -0.3 is 15.4 Å². The zero-order valence-corrected chi connectivity index (χ0v) is 28.6. The van der Waals surface area contributed by atoms with Gasteiger partial charge in [-0.05, 0) is 106 Å². The first kappa shape index (κ1) is 32.1. The van der Waals surface area contributed by atoms with Crippen molar-refractivity contribution in [2.45, 2.75) is 20.8 Å². The molecule has 0 aliphatic rings. The molecule has 11 heteroatoms. The summed E-state index contributed by atoms with van der Waals surface area (Å²) in [6.45, 7) is 5.83. The second-order valence-electron chi connectivity index (χ2n) is 10.3. The lowest BCUT2D eigenvalue weighted by molar-refractivity contribution is -0.118. The first-order valence-corrected chi connectivity index (χ1v) is 16.3. The summed E-state index contributed by atoms with van der Waals surface area (Å²) in [4.78, 5) is 29.8. The number of benzene rings is 4. The maximum atomic E-state index is 12.7. The summed E-state index contributed by atoms with van der Waals surface area (Å²) in [5, 5.41) is 13.1. The van der Waals surface area contributed by atoms with Crippen LogP contribution in [0.15, 0.2) is 98.3 Å². The molecule has 0 atom stereocenters. The molecule has 0 aliphatic carbocycles. The summed E-state index contributed by atoms with van der Waals surface area (Å²) in [6, 6.07) is 24.7. The van der Waals surface area contributed by atoms with Gasteiger partial charge >= 0.3 is 0 Å². The van der Waals surface area contributed by atoms with Crippen LogP contribution in [0.2, 0.25) is 0 Å². The summed E-state index contributed by atoms with van der Waals surface area (Å²) < 4.78 is 7.01. The minimum Gasteiger partial charge on any atom is -0.481 e. The Morgan fingerprint density at radius 1 is 0.911 bits per heavy atom. The second-order valence-corrected chi connectivity index (χ2v) is 12.8. The molecule has 0 aliphatic heterocycles. The lowest BCUT2D eigenvalue weighted by atomic mass is 10.1. The molecule has 0 spiro atoms. The van der Waals surface area contributed by atoms with Crippen LogP contribution in [0, 0.1) is 20.8 Å². The van der Waals surface area contributed by atoms with Crippen LogP contribution in [0.3, 0.4) is 0 Å². The van der Waals surface area contributed by atoms with E-state index in [1.54, 1.807) is 24.3 Å². The van der Waals surface area contributed by atoms with Crippen molar-refractivity contribution in [3.8, 4) is 17.0 Å². The van der Waals surface area contributed by atoms with Gasteiger partial charge in [-0.2, -0.15) is 5.10 Å². The summed E-state index contributed by atoms with van der Waals surface area (Å²) in [7, 11) is 0. The maximum Gasteiger partial charge on any atom is 0.271 e. The van der Waals surface area contributed by atoms with E-state index >= 15 is 0 Å². The largest absolute Gasteiger partial charge is 0.481 e. The van der Waals surface area contributed by atoms with Gasteiger partial charge in [0.1, 0.15) is 5.75 Å². The molecule has 0 fully saturated rings. The first-order chi connectivity index (χ1) is 21.6. The second kappa shape index (κ2) is 14.6. The van der Waals surface area contributed by atoms with Crippen LogP contribution in [0.25, 0.3) is 11.3 Å². The molecule has 0 bridgehead atoms. The molecule has 1 aromatic heterocycles. The maximum absolute atomic E-state index is 12.7. The summed E-state index contributed by atoms with van der Waals surface area (Å²) >= 11 is 8.51. The van der Waals surface area contributed by atoms with E-state index < -0.39 is 0 Å². The van der Waals surface area contributed by atoms with Gasteiger partial charge in [-0.1, -0.05) is 47.5 Å². The molecule has 1 heterocycles. The van der Waals surface area contributed by atoms with Crippen molar-refractivity contribution in [1.82, 2.24) is 10.4 Å². The average molecular weight is 748 g/mol. The van der Waals surface area contributed by atoms with Gasteiger partial charge in [0.25, 0.3) is 11.8 Å². The molecule has 5 rings (SSSR count). The zero-order chi connectivity index (χ0) is 31.9. The van der Waals surface area contributed by atoms with Gasteiger partial charge in [0.05, 0.1) is 20.9 Å². The third kappa shape index (κ3) is 8.65. The smallest absolute Gasteiger partial charge is 0.271 e. The standard InChI is InChI=1S/C34H29Br2N5O3S/c1-20-4-11-26(12-5-20)38-34-40-30(19-45-34)24-7-9-25(10-8-24)33(43)41-37-17-23-15-27(35)32(28(36)16-23)44-18-31(42)39-29-13-6-21(2)14-22(29)3/h4-17,19H,18H2,1-3H3,(H,38,40)(H,39,42)(H,41,43)/b37-17+. The molecular formula is C34H29Br2N5O3S. The normalized spacial score (nSPS) is 11.0. The van der Waals surface area contributed by atoms with Gasteiger partial charge in [0, 0.05) is 27.9 Å². The zero-order valence-electron chi connectivity index (χ0n) is 24.7. The third-order valence-corrected chi connectivity index (χ3v) is 8.59. The van der Waals surface area contributed by atoms with E-state index in [4.69, 9.17) is 4.74 Å². The van der Waals surface area contributed by atoms with Crippen LogP contribution < -0.4 is 20.8 Å². The highest BCUT2D eigenvalue weighted by Gasteiger charge is 2.13. The number of ether oxygens (including phenoxy) is 1. The predicted octanol–water partition coefficient (Wildman–Crippen LogP) is 8.79. The minimum atomic E-state index is -0.342. The van der Waals surface area contributed by atoms with E-state index in [-0.39, 0.29) is 18.4 Å². The number of rotatable bonds is 10. The molecule has 5 aromatic rings. The highest BCUT2D eigenvalue weighted by molar-refractivity contribution is 9.11. The quantitative estimate of drug-likeness (QED) is 0.0980. The van der Waals surface area contributed by atoms with E-state index in [9.17, 15) is 9.59 Å². The highest BCUT2D eigenvalue weighted by atomic mass is 79.9. The fourth-order valence-electron chi connectivity index (χ4n) is 4.32. The third-order valence-electron chi connectivity index (χ3n) is 6.65. The van der Waals surface area contributed by atoms with Crippen LogP contribution in [0.4, 0.5) is 16.5 Å². The Morgan fingerprint density at radius 3 is 2.29 bits per heavy atom. The number of hydrogen-bond acceptors (Lipinski definition) is 7. The van der Waals surface area contributed by atoms with Crippen LogP contribution in [0.5, 0.6) is 5.75 Å². The molecule has 45 heavy (non-hydrogen) atoms. The number of aromatic nitrogens is 1. The monoisotopic (exact) mass is 745 g/mol. The molecule has 0 radical (unpaired) electrons. The SMILES string of the molecule is Cc1ccc(Nc2nc(-c3ccc(C(=O)N/N=C/c4cc(Br)c(OCC(=O)Nc5ccc(C)cc5C)c(Br)c4)cc3)cs2)cc1. The molecule has 0 saturated carbocycles. The van der Waals surface area contributed by atoms with E-state index in [0.717, 1.165) is 38.9 Å². The molecule has 3 N–H and O–H groups in total. The number of nitrogens with one attached hydrogen (secondary N) is 3. The van der Waals surface area contributed by atoms with Crippen LogP contribution in [-0.4, -0.2) is 29.6 Å². The van der Waals surface area contributed by atoms with Crippen LogP contribution >= 0.6 is 43.2 Å². The van der Waals surface area contributed by atoms with Crippen molar-refractivity contribution in [3.05, 3.63) is 121 Å². The number of carbonyl (C=O) groups is 2. The van der Waals surface area contributed by atoms with Gasteiger partial charge in [-0.3, -0.25) is 9.59 Å². The van der Waals surface area contributed by atoms with Crippen molar-refractivity contribution < 1.29 is 14.3 Å². The van der Waals surface area contributed by atoms with Gasteiger partial charge in [0.15, 0.2) is 11.7 Å². The number of hydrogen-bond donors (Lipinski definition) is 3. The summed E-state index contributed by atoms with van der Waals surface area (Å²) in [6.07, 6.45) is 1.52. The van der Waals surface area contributed by atoms with Crippen molar-refractivity contribution in [3.63, 3.8) is 0 Å². The van der Waals surface area contributed by atoms with Gasteiger partial charge in [-0.25, -0.2) is 10.4 Å². The van der Waals surface area contributed by atoms with E-state index in [2.05, 4.69) is 64.9 Å².